The number of nitrogens with one attached hydrogen (secondary N) is 1. The molecule has 2 aliphatic heterocycles. The van der Waals surface area contributed by atoms with Crippen LogP contribution in [0, 0.1) is 0 Å². The number of amides is 2. The molecule has 0 unspecified atom stereocenters. The van der Waals surface area contributed by atoms with Gasteiger partial charge < -0.3 is 19.5 Å². The van der Waals surface area contributed by atoms with E-state index in [-0.39, 0.29) is 23.1 Å². The molecule has 3 heterocycles. The van der Waals surface area contributed by atoms with Crippen LogP contribution in [-0.4, -0.2) is 42.4 Å². The van der Waals surface area contributed by atoms with Crippen molar-refractivity contribution in [2.24, 2.45) is 0 Å². The maximum absolute atomic E-state index is 13.5. The molecule has 3 aromatic carbocycles. The second-order valence-electron chi connectivity index (χ2n) is 12.3. The summed E-state index contributed by atoms with van der Waals surface area (Å²) in [6.07, 6.45) is 7.93. The quantitative estimate of drug-likeness (QED) is 0.198. The Kier molecular flexibility index (Phi) is 9.88. The van der Waals surface area contributed by atoms with Gasteiger partial charge >= 0.3 is 0 Å². The van der Waals surface area contributed by atoms with Crippen LogP contribution in [0.4, 0.5) is 5.69 Å². The van der Waals surface area contributed by atoms with E-state index in [9.17, 15) is 14.4 Å². The second kappa shape index (κ2) is 14.4. The number of halogens is 1. The number of carbonyl (C=O) groups excluding carboxylic acids is 2. The van der Waals surface area contributed by atoms with Gasteiger partial charge in [-0.2, -0.15) is 0 Å². The van der Waals surface area contributed by atoms with Gasteiger partial charge in [0.15, 0.2) is 11.2 Å². The maximum Gasteiger partial charge on any atom is 0.287 e. The summed E-state index contributed by atoms with van der Waals surface area (Å²) in [5, 5.41) is 4.26. The van der Waals surface area contributed by atoms with Crippen molar-refractivity contribution in [1.29, 1.82) is 0 Å². The minimum Gasteiger partial charge on any atom is -0.451 e. The van der Waals surface area contributed by atoms with Crippen LogP contribution in [0.5, 0.6) is 0 Å². The molecule has 1 N–H and O–H groups in total. The van der Waals surface area contributed by atoms with Gasteiger partial charge in [-0.1, -0.05) is 66.6 Å². The molecule has 1 atom stereocenters. The Bertz CT molecular complexity index is 1800. The Labute approximate surface area is 274 Å². The molecule has 6 rings (SSSR count). The summed E-state index contributed by atoms with van der Waals surface area (Å²) in [5.74, 6) is -0.180. The van der Waals surface area contributed by atoms with E-state index in [4.69, 9.17) is 16.0 Å². The molecule has 0 bridgehead atoms. The van der Waals surface area contributed by atoms with E-state index < -0.39 is 5.91 Å². The molecule has 2 amide bonds. The van der Waals surface area contributed by atoms with Crippen molar-refractivity contribution < 1.29 is 14.0 Å². The minimum absolute atomic E-state index is 0.000122. The van der Waals surface area contributed by atoms with Gasteiger partial charge in [-0.05, 0) is 85.5 Å². The summed E-state index contributed by atoms with van der Waals surface area (Å²) in [6, 6.07) is 22.5. The number of carbonyl (C=O) groups is 2. The molecule has 1 aromatic heterocycles. The first kappa shape index (κ1) is 31.6. The highest BCUT2D eigenvalue weighted by molar-refractivity contribution is 6.30. The summed E-state index contributed by atoms with van der Waals surface area (Å²) < 4.78 is 5.91. The zero-order valence-corrected chi connectivity index (χ0v) is 27.0. The molecular formula is C38H40ClN3O4. The highest BCUT2D eigenvalue weighted by Crippen LogP contribution is 2.29. The fraction of sp³-hybridized carbons (Fsp3) is 0.342. The number of benzene rings is 3. The Morgan fingerprint density at radius 3 is 2.46 bits per heavy atom. The lowest BCUT2D eigenvalue weighted by molar-refractivity contribution is -0.133. The van der Waals surface area contributed by atoms with Crippen LogP contribution in [-0.2, 0) is 24.2 Å². The van der Waals surface area contributed by atoms with E-state index in [0.717, 1.165) is 62.9 Å². The molecule has 0 spiro atoms. The normalized spacial score (nSPS) is 16.0. The smallest absolute Gasteiger partial charge is 0.287 e. The van der Waals surface area contributed by atoms with Crippen LogP contribution in [0.1, 0.15) is 66.3 Å². The van der Waals surface area contributed by atoms with Gasteiger partial charge in [-0.15, -0.1) is 0 Å². The van der Waals surface area contributed by atoms with Crippen molar-refractivity contribution in [3.8, 4) is 0 Å². The molecule has 46 heavy (non-hydrogen) atoms. The average molecular weight is 638 g/mol. The van der Waals surface area contributed by atoms with Gasteiger partial charge in [0, 0.05) is 49.4 Å². The molecule has 8 heteroatoms. The monoisotopic (exact) mass is 637 g/mol. The van der Waals surface area contributed by atoms with Crippen molar-refractivity contribution in [3.63, 3.8) is 0 Å². The summed E-state index contributed by atoms with van der Waals surface area (Å²) >= 11 is 6.14. The Morgan fingerprint density at radius 1 is 0.935 bits per heavy atom. The largest absolute Gasteiger partial charge is 0.451 e. The van der Waals surface area contributed by atoms with Gasteiger partial charge in [0.2, 0.25) is 5.91 Å². The summed E-state index contributed by atoms with van der Waals surface area (Å²) in [4.78, 5) is 43.3. The number of piperidine rings is 2. The van der Waals surface area contributed by atoms with Crippen LogP contribution >= 0.6 is 11.6 Å². The van der Waals surface area contributed by atoms with Gasteiger partial charge in [-0.25, -0.2) is 0 Å². The number of anilines is 1. The summed E-state index contributed by atoms with van der Waals surface area (Å²) in [6.45, 7) is 5.19. The lowest BCUT2D eigenvalue weighted by atomic mass is 9.97. The number of rotatable bonds is 9. The third-order valence-corrected chi connectivity index (χ3v) is 9.32. The molecule has 0 radical (unpaired) electrons. The van der Waals surface area contributed by atoms with E-state index in [1.54, 1.807) is 6.07 Å². The fourth-order valence-corrected chi connectivity index (χ4v) is 6.60. The third-order valence-electron chi connectivity index (χ3n) is 9.07. The molecule has 0 saturated carbocycles. The van der Waals surface area contributed by atoms with Crippen molar-refractivity contribution in [2.75, 3.05) is 24.5 Å². The van der Waals surface area contributed by atoms with Crippen LogP contribution in [0.2, 0.25) is 5.02 Å². The lowest BCUT2D eigenvalue weighted by Crippen LogP contribution is -2.37. The summed E-state index contributed by atoms with van der Waals surface area (Å²) in [7, 11) is 0. The van der Waals surface area contributed by atoms with E-state index >= 15 is 0 Å². The molecule has 2 fully saturated rings. The Balaban J connectivity index is 1.18. The van der Waals surface area contributed by atoms with E-state index in [2.05, 4.69) is 34.5 Å². The SMILES string of the molecule is CCc1ccc2oc(C(=O)N[C@H](C=C3CCN(c4ccccc4CN4CCCCC4=O)CC3)Cc3ccc(Cl)cc3)cc(=O)c2c1. The number of hydrogen-bond acceptors (Lipinski definition) is 5. The molecule has 2 saturated heterocycles. The highest BCUT2D eigenvalue weighted by atomic mass is 35.5. The molecule has 238 valence electrons. The number of aryl methyl sites for hydroxylation is 1. The zero-order valence-electron chi connectivity index (χ0n) is 26.3. The molecule has 0 aliphatic carbocycles. The molecule has 7 nitrogen and oxygen atoms in total. The molecule has 4 aromatic rings. The number of para-hydroxylation sites is 1. The predicted octanol–water partition coefficient (Wildman–Crippen LogP) is 7.09. The van der Waals surface area contributed by atoms with Gasteiger partial charge in [-0.3, -0.25) is 14.4 Å². The average Bonchev–Trinajstić information content (AvgIpc) is 3.07. The Hall–Kier alpha value is -4.36. The van der Waals surface area contributed by atoms with Gasteiger partial charge in [0.1, 0.15) is 5.58 Å². The number of hydrogen-bond donors (Lipinski definition) is 1. The minimum atomic E-state index is -0.423. The lowest BCUT2D eigenvalue weighted by Gasteiger charge is -2.34. The topological polar surface area (TPSA) is 82.9 Å². The van der Waals surface area contributed by atoms with Crippen molar-refractivity contribution in [1.82, 2.24) is 10.2 Å². The van der Waals surface area contributed by atoms with Crippen molar-refractivity contribution in [2.45, 2.75) is 64.5 Å². The van der Waals surface area contributed by atoms with Gasteiger partial charge in [0.25, 0.3) is 5.91 Å². The van der Waals surface area contributed by atoms with Crippen LogP contribution in [0.15, 0.2) is 93.7 Å². The van der Waals surface area contributed by atoms with Crippen molar-refractivity contribution >= 4 is 40.1 Å². The number of fused-ring (bicyclic) bond motifs is 1. The predicted molar refractivity (Wildman–Crippen MR) is 184 cm³/mol. The third kappa shape index (κ3) is 7.53. The molecular weight excluding hydrogens is 598 g/mol. The van der Waals surface area contributed by atoms with E-state index in [0.29, 0.717) is 35.4 Å². The first-order chi connectivity index (χ1) is 22.4. The number of nitrogens with zero attached hydrogens (tertiary/aromatic N) is 2. The Morgan fingerprint density at radius 2 is 1.70 bits per heavy atom. The van der Waals surface area contributed by atoms with Gasteiger partial charge in [0.05, 0.1) is 11.4 Å². The van der Waals surface area contributed by atoms with Crippen LogP contribution < -0.4 is 15.6 Å². The van der Waals surface area contributed by atoms with Crippen molar-refractivity contribution in [3.05, 3.63) is 122 Å². The number of likely N-dealkylation sites (tertiary alicyclic amines) is 1. The highest BCUT2D eigenvalue weighted by Gasteiger charge is 2.23. The first-order valence-electron chi connectivity index (χ1n) is 16.3. The fourth-order valence-electron chi connectivity index (χ4n) is 6.47. The molecule has 2 aliphatic rings. The summed E-state index contributed by atoms with van der Waals surface area (Å²) in [5.41, 5.74) is 5.89. The van der Waals surface area contributed by atoms with E-state index in [1.165, 1.54) is 22.9 Å². The van der Waals surface area contributed by atoms with Crippen LogP contribution in [0.3, 0.4) is 0 Å². The second-order valence-corrected chi connectivity index (χ2v) is 12.7. The maximum atomic E-state index is 13.5. The standard InChI is InChI=1S/C38H40ClN3O4/c1-2-26-12-15-35-32(23-26)34(43)24-36(46-35)38(45)40-31(21-27-10-13-30(39)14-11-27)22-28-16-19-41(20-17-28)33-8-4-3-7-29(33)25-42-18-6-5-9-37(42)44/h3-4,7-8,10-15,22-24,31H,2,5-6,9,16-21,25H2,1H3,(H,40,45)/t31-/m0/s1. The zero-order chi connectivity index (χ0) is 32.0. The van der Waals surface area contributed by atoms with Crippen LogP contribution in [0.25, 0.3) is 11.0 Å². The first-order valence-corrected chi connectivity index (χ1v) is 16.7. The van der Waals surface area contributed by atoms with E-state index in [1.807, 2.05) is 54.3 Å².